The molecule has 1 heterocycles. The van der Waals surface area contributed by atoms with Crippen molar-refractivity contribution in [3.63, 3.8) is 0 Å². The van der Waals surface area contributed by atoms with Crippen molar-refractivity contribution in [1.29, 1.82) is 0 Å². The lowest BCUT2D eigenvalue weighted by atomic mass is 10.0. The highest BCUT2D eigenvalue weighted by Crippen LogP contribution is 2.29. The zero-order valence-corrected chi connectivity index (χ0v) is 13.5. The van der Waals surface area contributed by atoms with E-state index < -0.39 is 5.97 Å². The molecule has 0 aliphatic heterocycles. The van der Waals surface area contributed by atoms with Crippen LogP contribution in [0.3, 0.4) is 0 Å². The van der Waals surface area contributed by atoms with E-state index in [4.69, 9.17) is 4.74 Å². The molecule has 0 aliphatic carbocycles. The van der Waals surface area contributed by atoms with Gasteiger partial charge in [0.25, 0.3) is 0 Å². The molecule has 0 fully saturated rings. The molecule has 0 amide bonds. The summed E-state index contributed by atoms with van der Waals surface area (Å²) in [6, 6.07) is 8.91. The second-order valence-electron chi connectivity index (χ2n) is 4.97. The molecule has 0 atom stereocenters. The van der Waals surface area contributed by atoms with Gasteiger partial charge in [0.05, 0.1) is 23.9 Å². The fourth-order valence-corrected chi connectivity index (χ4v) is 2.29. The number of rotatable bonds is 5. The second kappa shape index (κ2) is 6.91. The predicted molar refractivity (Wildman–Crippen MR) is 90.3 cm³/mol. The highest BCUT2D eigenvalue weighted by atomic mass is 16.5. The molecule has 6 heteroatoms. The van der Waals surface area contributed by atoms with Gasteiger partial charge in [-0.2, -0.15) is 0 Å². The van der Waals surface area contributed by atoms with Crippen LogP contribution in [-0.4, -0.2) is 35.9 Å². The Kier molecular flexibility index (Phi) is 4.95. The van der Waals surface area contributed by atoms with E-state index in [9.17, 15) is 9.90 Å². The minimum Gasteiger partial charge on any atom is -0.495 e. The van der Waals surface area contributed by atoms with E-state index in [2.05, 4.69) is 15.3 Å². The number of aliphatic imine (C=N–C) groups is 1. The summed E-state index contributed by atoms with van der Waals surface area (Å²) < 4.78 is 5.32. The Labute approximate surface area is 134 Å². The largest absolute Gasteiger partial charge is 0.495 e. The van der Waals surface area contributed by atoms with E-state index in [1.807, 2.05) is 24.3 Å². The normalized spacial score (nSPS) is 11.2. The number of methoxy groups -OCH3 is 1. The van der Waals surface area contributed by atoms with Gasteiger partial charge in [-0.15, -0.1) is 0 Å². The maximum absolute atomic E-state index is 11.6. The van der Waals surface area contributed by atoms with Crippen molar-refractivity contribution in [3.05, 3.63) is 47.2 Å². The monoisotopic (exact) mass is 313 g/mol. The Bertz CT molecular complexity index is 770. The van der Waals surface area contributed by atoms with Gasteiger partial charge < -0.3 is 15.2 Å². The summed E-state index contributed by atoms with van der Waals surface area (Å²) in [7, 11) is 3.19. The molecular formula is C17H19N3O3. The van der Waals surface area contributed by atoms with Gasteiger partial charge in [-0.3, -0.25) is 4.99 Å². The van der Waals surface area contributed by atoms with Crippen LogP contribution in [0.4, 0.5) is 11.5 Å². The lowest BCUT2D eigenvalue weighted by Gasteiger charge is -2.16. The molecule has 2 aromatic rings. The number of para-hydroxylation sites is 2. The molecule has 0 bridgehead atoms. The number of aromatic nitrogens is 1. The zero-order valence-electron chi connectivity index (χ0n) is 13.5. The molecule has 0 aliphatic rings. The second-order valence-corrected chi connectivity index (χ2v) is 4.97. The van der Waals surface area contributed by atoms with Crippen molar-refractivity contribution in [3.8, 4) is 5.75 Å². The number of hydrogen-bond acceptors (Lipinski definition) is 5. The number of carbonyl (C=O) groups is 1. The molecule has 2 N–H and O–H groups in total. The molecule has 0 spiro atoms. The molecule has 1 aromatic heterocycles. The Morgan fingerprint density at radius 2 is 2.04 bits per heavy atom. The first-order valence-electron chi connectivity index (χ1n) is 7.06. The van der Waals surface area contributed by atoms with Gasteiger partial charge in [0, 0.05) is 18.5 Å². The molecule has 23 heavy (non-hydrogen) atoms. The molecule has 0 radical (unpaired) electrons. The van der Waals surface area contributed by atoms with Crippen molar-refractivity contribution in [2.75, 3.05) is 19.5 Å². The third kappa shape index (κ3) is 3.48. The third-order valence-electron chi connectivity index (χ3n) is 3.44. The van der Waals surface area contributed by atoms with E-state index in [0.29, 0.717) is 34.2 Å². The Balaban J connectivity index is 2.63. The molecule has 2 rings (SSSR count). The number of nitrogens with one attached hydrogen (secondary N) is 1. The molecule has 0 unspecified atom stereocenters. The van der Waals surface area contributed by atoms with Crippen molar-refractivity contribution in [2.45, 2.75) is 13.8 Å². The summed E-state index contributed by atoms with van der Waals surface area (Å²) >= 11 is 0. The number of carboxylic acids is 1. The van der Waals surface area contributed by atoms with Crippen LogP contribution in [0.2, 0.25) is 0 Å². The number of hydrogen-bond donors (Lipinski definition) is 2. The number of aromatic carboxylic acids is 1. The summed E-state index contributed by atoms with van der Waals surface area (Å²) in [6.07, 6.45) is 0. The fraction of sp³-hybridized carbons (Fsp3) is 0.235. The quantitative estimate of drug-likeness (QED) is 0.828. The number of aryl methyl sites for hydroxylation is 1. The number of carboxylic acid groups (broad SMARTS) is 1. The molecule has 120 valence electrons. The lowest BCUT2D eigenvalue weighted by Crippen LogP contribution is -2.13. The van der Waals surface area contributed by atoms with Crippen LogP contribution in [0.25, 0.3) is 0 Å². The summed E-state index contributed by atoms with van der Waals surface area (Å²) in [5, 5.41) is 12.7. The van der Waals surface area contributed by atoms with Crippen molar-refractivity contribution < 1.29 is 14.6 Å². The van der Waals surface area contributed by atoms with Crippen LogP contribution in [0, 0.1) is 6.92 Å². The van der Waals surface area contributed by atoms with Crippen LogP contribution in [-0.2, 0) is 0 Å². The van der Waals surface area contributed by atoms with Gasteiger partial charge in [-0.25, -0.2) is 9.78 Å². The molecule has 0 saturated heterocycles. The maximum Gasteiger partial charge on any atom is 0.336 e. The standard InChI is InChI=1S/C17H19N3O3/c1-10-9-12(17(21)22)15(11(2)18-3)16(19-10)20-13-7-5-6-8-14(13)23-4/h5-9H,1-4H3,(H,19,20)(H,21,22)/b18-11-. The Morgan fingerprint density at radius 1 is 1.35 bits per heavy atom. The van der Waals surface area contributed by atoms with E-state index in [1.165, 1.54) is 0 Å². The number of benzene rings is 1. The van der Waals surface area contributed by atoms with Crippen LogP contribution in [0.15, 0.2) is 35.3 Å². The molecule has 6 nitrogen and oxygen atoms in total. The fourth-order valence-electron chi connectivity index (χ4n) is 2.29. The van der Waals surface area contributed by atoms with Gasteiger partial charge in [0.2, 0.25) is 0 Å². The predicted octanol–water partition coefficient (Wildman–Crippen LogP) is 3.28. The Hall–Kier alpha value is -2.89. The van der Waals surface area contributed by atoms with E-state index >= 15 is 0 Å². The van der Waals surface area contributed by atoms with Gasteiger partial charge in [-0.05, 0) is 32.0 Å². The van der Waals surface area contributed by atoms with Crippen molar-refractivity contribution in [2.24, 2.45) is 4.99 Å². The summed E-state index contributed by atoms with van der Waals surface area (Å²) in [5.41, 5.74) is 2.53. The number of anilines is 2. The maximum atomic E-state index is 11.6. The average Bonchev–Trinajstić information content (AvgIpc) is 2.54. The minimum absolute atomic E-state index is 0.165. The highest BCUT2D eigenvalue weighted by Gasteiger charge is 2.19. The smallest absolute Gasteiger partial charge is 0.336 e. The molecule has 0 saturated carbocycles. The van der Waals surface area contributed by atoms with Gasteiger partial charge in [0.15, 0.2) is 0 Å². The Morgan fingerprint density at radius 3 is 2.65 bits per heavy atom. The minimum atomic E-state index is -1.02. The first kappa shape index (κ1) is 16.5. The lowest BCUT2D eigenvalue weighted by molar-refractivity contribution is 0.0696. The van der Waals surface area contributed by atoms with Gasteiger partial charge in [-0.1, -0.05) is 12.1 Å². The average molecular weight is 313 g/mol. The number of nitrogens with zero attached hydrogens (tertiary/aromatic N) is 2. The first-order valence-corrected chi connectivity index (χ1v) is 7.06. The number of ether oxygens (including phenoxy) is 1. The zero-order chi connectivity index (χ0) is 17.0. The van der Waals surface area contributed by atoms with E-state index in [0.717, 1.165) is 0 Å². The van der Waals surface area contributed by atoms with Crippen molar-refractivity contribution in [1.82, 2.24) is 4.98 Å². The van der Waals surface area contributed by atoms with Crippen LogP contribution in [0.5, 0.6) is 5.75 Å². The summed E-state index contributed by atoms with van der Waals surface area (Å²) in [6.45, 7) is 3.51. The van der Waals surface area contributed by atoms with Gasteiger partial charge in [0.1, 0.15) is 11.6 Å². The molecular weight excluding hydrogens is 294 g/mol. The summed E-state index contributed by atoms with van der Waals surface area (Å²) in [5.74, 6) is 0.0660. The van der Waals surface area contributed by atoms with Crippen molar-refractivity contribution >= 4 is 23.2 Å². The van der Waals surface area contributed by atoms with E-state index in [1.54, 1.807) is 34.1 Å². The SMILES string of the molecule is C/N=C(/C)c1c(C(=O)O)cc(C)nc1Nc1ccccc1OC. The van der Waals surface area contributed by atoms with Crippen LogP contribution >= 0.6 is 0 Å². The van der Waals surface area contributed by atoms with Crippen LogP contribution in [0.1, 0.15) is 28.5 Å². The third-order valence-corrected chi connectivity index (χ3v) is 3.44. The topological polar surface area (TPSA) is 83.8 Å². The number of pyridine rings is 1. The molecule has 1 aromatic carbocycles. The van der Waals surface area contributed by atoms with Crippen LogP contribution < -0.4 is 10.1 Å². The first-order chi connectivity index (χ1) is 11.0. The van der Waals surface area contributed by atoms with E-state index in [-0.39, 0.29) is 5.56 Å². The highest BCUT2D eigenvalue weighted by molar-refractivity contribution is 6.11. The summed E-state index contributed by atoms with van der Waals surface area (Å²) in [4.78, 5) is 20.2. The van der Waals surface area contributed by atoms with Gasteiger partial charge >= 0.3 is 5.97 Å².